The number of fused-ring (bicyclic) bond motifs is 1. The number of aryl methyl sites for hydroxylation is 2. The van der Waals surface area contributed by atoms with E-state index in [1.807, 2.05) is 36.7 Å². The number of aromatic amines is 1. The second-order valence-corrected chi connectivity index (χ2v) is 6.06. The van der Waals surface area contributed by atoms with Gasteiger partial charge in [-0.25, -0.2) is 15.0 Å². The molecule has 0 atom stereocenters. The van der Waals surface area contributed by atoms with Crippen molar-refractivity contribution in [3.63, 3.8) is 0 Å². The molecule has 0 bridgehead atoms. The number of benzene rings is 1. The summed E-state index contributed by atoms with van der Waals surface area (Å²) in [5.74, 6) is 1.52. The normalized spacial score (nSPS) is 11.2. The Morgan fingerprint density at radius 1 is 1.08 bits per heavy atom. The van der Waals surface area contributed by atoms with Crippen LogP contribution in [0.2, 0.25) is 0 Å². The van der Waals surface area contributed by atoms with Crippen LogP contribution in [-0.4, -0.2) is 29.7 Å². The summed E-state index contributed by atoms with van der Waals surface area (Å²) in [4.78, 5) is 16.1. The molecule has 4 rings (SSSR count). The van der Waals surface area contributed by atoms with Crippen molar-refractivity contribution in [3.8, 4) is 0 Å². The third-order valence-corrected chi connectivity index (χ3v) is 4.21. The van der Waals surface area contributed by atoms with Gasteiger partial charge in [-0.1, -0.05) is 30.3 Å². The van der Waals surface area contributed by atoms with Gasteiger partial charge in [-0.05, 0) is 26.3 Å². The van der Waals surface area contributed by atoms with Gasteiger partial charge in [0.05, 0.1) is 23.6 Å². The second-order valence-electron chi connectivity index (χ2n) is 6.06. The minimum absolute atomic E-state index is 0.655. The highest BCUT2D eigenvalue weighted by atomic mass is 15.3. The maximum atomic E-state index is 4.67. The number of H-pyrrole nitrogens is 1. The molecule has 7 heteroatoms. The van der Waals surface area contributed by atoms with E-state index in [2.05, 4.69) is 49.4 Å². The fourth-order valence-electron chi connectivity index (χ4n) is 2.95. The van der Waals surface area contributed by atoms with Gasteiger partial charge < -0.3 is 10.3 Å². The standard InChI is InChI=1S/C18H19N7/c1-11-15(12(2)25(24-11)9-14-7-5-4-6-8-14)23-18-16-17(19-10-20-18)22-13(3)21-16/h4-8,10H,9H2,1-3H3,(H2,19,20,21,22,23). The maximum absolute atomic E-state index is 4.67. The van der Waals surface area contributed by atoms with E-state index in [0.29, 0.717) is 11.5 Å². The topological polar surface area (TPSA) is 84.3 Å². The molecule has 0 radical (unpaired) electrons. The molecule has 1 aromatic carbocycles. The van der Waals surface area contributed by atoms with Crippen LogP contribution >= 0.6 is 0 Å². The quantitative estimate of drug-likeness (QED) is 0.599. The van der Waals surface area contributed by atoms with Gasteiger partial charge >= 0.3 is 0 Å². The van der Waals surface area contributed by atoms with Gasteiger partial charge in [0.2, 0.25) is 0 Å². The minimum Gasteiger partial charge on any atom is -0.338 e. The van der Waals surface area contributed by atoms with E-state index in [1.54, 1.807) is 0 Å². The fraction of sp³-hybridized carbons (Fsp3) is 0.222. The van der Waals surface area contributed by atoms with E-state index in [1.165, 1.54) is 11.9 Å². The Morgan fingerprint density at radius 3 is 2.68 bits per heavy atom. The van der Waals surface area contributed by atoms with Crippen LogP contribution in [0.5, 0.6) is 0 Å². The molecular formula is C18H19N7. The molecule has 0 saturated carbocycles. The molecule has 25 heavy (non-hydrogen) atoms. The predicted octanol–water partition coefficient (Wildman–Crippen LogP) is 3.27. The average molecular weight is 333 g/mol. The van der Waals surface area contributed by atoms with Gasteiger partial charge in [0.1, 0.15) is 17.7 Å². The summed E-state index contributed by atoms with van der Waals surface area (Å²) in [7, 11) is 0. The first-order chi connectivity index (χ1) is 12.1. The number of hydrogen-bond acceptors (Lipinski definition) is 5. The first kappa shape index (κ1) is 15.3. The first-order valence-corrected chi connectivity index (χ1v) is 8.14. The average Bonchev–Trinajstić information content (AvgIpc) is 3.11. The molecule has 0 amide bonds. The van der Waals surface area contributed by atoms with Gasteiger partial charge in [-0.3, -0.25) is 4.68 Å². The van der Waals surface area contributed by atoms with Gasteiger partial charge in [0, 0.05) is 0 Å². The maximum Gasteiger partial charge on any atom is 0.183 e. The Kier molecular flexibility index (Phi) is 3.68. The Hall–Kier alpha value is -3.22. The first-order valence-electron chi connectivity index (χ1n) is 8.14. The van der Waals surface area contributed by atoms with Crippen LogP contribution in [0.4, 0.5) is 11.5 Å². The lowest BCUT2D eigenvalue weighted by molar-refractivity contribution is 0.659. The summed E-state index contributed by atoms with van der Waals surface area (Å²) < 4.78 is 2.00. The minimum atomic E-state index is 0.655. The highest BCUT2D eigenvalue weighted by molar-refractivity contribution is 5.85. The van der Waals surface area contributed by atoms with E-state index in [0.717, 1.165) is 35.0 Å². The van der Waals surface area contributed by atoms with E-state index in [9.17, 15) is 0 Å². The smallest absolute Gasteiger partial charge is 0.183 e. The Bertz CT molecular complexity index is 1030. The molecule has 126 valence electrons. The van der Waals surface area contributed by atoms with Crippen molar-refractivity contribution in [3.05, 3.63) is 59.4 Å². The summed E-state index contributed by atoms with van der Waals surface area (Å²) in [5.41, 5.74) is 5.62. The zero-order valence-corrected chi connectivity index (χ0v) is 14.4. The number of anilines is 2. The summed E-state index contributed by atoms with van der Waals surface area (Å²) in [6.45, 7) is 6.69. The summed E-state index contributed by atoms with van der Waals surface area (Å²) in [6.07, 6.45) is 1.52. The van der Waals surface area contributed by atoms with Crippen molar-refractivity contribution in [2.45, 2.75) is 27.3 Å². The van der Waals surface area contributed by atoms with Crippen LogP contribution in [0.25, 0.3) is 11.2 Å². The molecule has 0 aliphatic rings. The summed E-state index contributed by atoms with van der Waals surface area (Å²) >= 11 is 0. The van der Waals surface area contributed by atoms with Gasteiger partial charge in [0.25, 0.3) is 0 Å². The molecule has 4 aromatic rings. The number of imidazole rings is 1. The second kappa shape index (κ2) is 6.01. The van der Waals surface area contributed by atoms with E-state index in [-0.39, 0.29) is 0 Å². The third kappa shape index (κ3) is 2.84. The van der Waals surface area contributed by atoms with Crippen molar-refractivity contribution < 1.29 is 0 Å². The number of aromatic nitrogens is 6. The number of rotatable bonds is 4. The Morgan fingerprint density at radius 2 is 1.88 bits per heavy atom. The Labute approximate surface area is 145 Å². The number of hydrogen-bond donors (Lipinski definition) is 2. The Balaban J connectivity index is 1.69. The van der Waals surface area contributed by atoms with E-state index in [4.69, 9.17) is 0 Å². The molecule has 0 spiro atoms. The molecular weight excluding hydrogens is 314 g/mol. The van der Waals surface area contributed by atoms with E-state index < -0.39 is 0 Å². The lowest BCUT2D eigenvalue weighted by atomic mass is 10.2. The van der Waals surface area contributed by atoms with Crippen LogP contribution in [-0.2, 0) is 6.54 Å². The number of nitrogens with one attached hydrogen (secondary N) is 2. The molecule has 3 aromatic heterocycles. The monoisotopic (exact) mass is 333 g/mol. The highest BCUT2D eigenvalue weighted by Gasteiger charge is 2.15. The van der Waals surface area contributed by atoms with Gasteiger partial charge in [-0.2, -0.15) is 5.10 Å². The molecule has 2 N–H and O–H groups in total. The molecule has 0 unspecified atom stereocenters. The molecule has 0 aliphatic carbocycles. The predicted molar refractivity (Wildman–Crippen MR) is 96.9 cm³/mol. The van der Waals surface area contributed by atoms with Crippen molar-refractivity contribution in [1.29, 1.82) is 0 Å². The third-order valence-electron chi connectivity index (χ3n) is 4.21. The molecule has 7 nitrogen and oxygen atoms in total. The van der Waals surface area contributed by atoms with Crippen molar-refractivity contribution in [2.75, 3.05) is 5.32 Å². The fourth-order valence-corrected chi connectivity index (χ4v) is 2.95. The van der Waals surface area contributed by atoms with Crippen LogP contribution in [0, 0.1) is 20.8 Å². The highest BCUT2D eigenvalue weighted by Crippen LogP contribution is 2.26. The van der Waals surface area contributed by atoms with E-state index >= 15 is 0 Å². The summed E-state index contributed by atoms with van der Waals surface area (Å²) in [5, 5.41) is 8.07. The van der Waals surface area contributed by atoms with Crippen LogP contribution in [0.3, 0.4) is 0 Å². The lowest BCUT2D eigenvalue weighted by Gasteiger charge is -2.08. The SMILES string of the molecule is Cc1nc2ncnc(Nc3c(C)nn(Cc4ccccc4)c3C)c2[nH]1. The van der Waals surface area contributed by atoms with Crippen molar-refractivity contribution >= 4 is 22.7 Å². The largest absolute Gasteiger partial charge is 0.338 e. The van der Waals surface area contributed by atoms with Gasteiger partial charge in [0.15, 0.2) is 11.5 Å². The van der Waals surface area contributed by atoms with Crippen molar-refractivity contribution in [2.24, 2.45) is 0 Å². The molecule has 0 saturated heterocycles. The van der Waals surface area contributed by atoms with Crippen LogP contribution in [0.15, 0.2) is 36.7 Å². The van der Waals surface area contributed by atoms with Crippen molar-refractivity contribution in [1.82, 2.24) is 29.7 Å². The lowest BCUT2D eigenvalue weighted by Crippen LogP contribution is -2.04. The molecule has 3 heterocycles. The van der Waals surface area contributed by atoms with Crippen LogP contribution < -0.4 is 5.32 Å². The molecule has 0 fully saturated rings. The zero-order chi connectivity index (χ0) is 17.4. The number of nitrogens with zero attached hydrogens (tertiary/aromatic N) is 5. The zero-order valence-electron chi connectivity index (χ0n) is 14.4. The molecule has 0 aliphatic heterocycles. The van der Waals surface area contributed by atoms with Gasteiger partial charge in [-0.15, -0.1) is 0 Å². The van der Waals surface area contributed by atoms with Crippen LogP contribution in [0.1, 0.15) is 22.8 Å². The summed E-state index contributed by atoms with van der Waals surface area (Å²) in [6, 6.07) is 10.3.